The second-order valence-electron chi connectivity index (χ2n) is 6.56. The number of thiophene rings is 1. The molecule has 0 spiro atoms. The van der Waals surface area contributed by atoms with Gasteiger partial charge in [-0.2, -0.15) is 0 Å². The lowest BCUT2D eigenvalue weighted by molar-refractivity contribution is 0.194. The highest BCUT2D eigenvalue weighted by Crippen LogP contribution is 2.38. The lowest BCUT2D eigenvalue weighted by Crippen LogP contribution is -2.42. The van der Waals surface area contributed by atoms with Crippen LogP contribution in [-0.4, -0.2) is 25.9 Å². The molecule has 0 fully saturated rings. The van der Waals surface area contributed by atoms with Gasteiger partial charge in [0.05, 0.1) is 10.9 Å². The van der Waals surface area contributed by atoms with Crippen LogP contribution in [0.5, 0.6) is 0 Å². The molecule has 4 rings (SSSR count). The first kappa shape index (κ1) is 18.7. The third-order valence-electron chi connectivity index (χ3n) is 4.78. The van der Waals surface area contributed by atoms with E-state index in [1.54, 1.807) is 11.3 Å². The lowest BCUT2D eigenvalue weighted by atomic mass is 9.93. The summed E-state index contributed by atoms with van der Waals surface area (Å²) in [5.74, 6) is 0. The molecule has 1 unspecified atom stereocenters. The van der Waals surface area contributed by atoms with E-state index in [1.807, 2.05) is 35.2 Å². The summed E-state index contributed by atoms with van der Waals surface area (Å²) in [4.78, 5) is 16.2. The summed E-state index contributed by atoms with van der Waals surface area (Å²) in [6.07, 6.45) is 0.814. The van der Waals surface area contributed by atoms with Crippen LogP contribution in [-0.2, 0) is 16.4 Å². The van der Waals surface area contributed by atoms with Gasteiger partial charge in [-0.05, 0) is 53.3 Å². The minimum absolute atomic E-state index is 0.00792. The van der Waals surface area contributed by atoms with Crippen molar-refractivity contribution >= 4 is 33.1 Å². The number of hydrogen-bond acceptors (Lipinski definition) is 4. The molecule has 0 bridgehead atoms. The fraction of sp³-hybridized carbons (Fsp3) is 0.150. The Kier molecular flexibility index (Phi) is 4.92. The third-order valence-corrected chi connectivity index (χ3v) is 6.70. The summed E-state index contributed by atoms with van der Waals surface area (Å²) < 4.78 is 22.8. The van der Waals surface area contributed by atoms with Crippen molar-refractivity contribution in [1.82, 2.24) is 4.90 Å². The number of carbonyl (C=O) groups is 1. The summed E-state index contributed by atoms with van der Waals surface area (Å²) >= 11 is 1.72. The van der Waals surface area contributed by atoms with E-state index in [4.69, 9.17) is 5.14 Å². The number of hydrogen-bond donors (Lipinski definition) is 2. The zero-order valence-electron chi connectivity index (χ0n) is 14.9. The second kappa shape index (κ2) is 7.38. The predicted octanol–water partition coefficient (Wildman–Crippen LogP) is 3.58. The molecule has 6 nitrogen and oxygen atoms in total. The zero-order valence-corrected chi connectivity index (χ0v) is 16.5. The van der Waals surface area contributed by atoms with Crippen LogP contribution in [0.2, 0.25) is 0 Å². The minimum Gasteiger partial charge on any atom is -0.313 e. The van der Waals surface area contributed by atoms with Gasteiger partial charge in [-0.3, -0.25) is 0 Å². The third kappa shape index (κ3) is 3.66. The van der Waals surface area contributed by atoms with Crippen molar-refractivity contribution in [3.05, 3.63) is 82.0 Å². The van der Waals surface area contributed by atoms with Gasteiger partial charge in [-0.1, -0.05) is 30.3 Å². The van der Waals surface area contributed by atoms with E-state index in [0.29, 0.717) is 12.2 Å². The SMILES string of the molecule is NS(=O)(=O)c1ccc(NC(=O)N2CCc3sccc3C2c2ccccc2)cc1. The fourth-order valence-electron chi connectivity index (χ4n) is 3.45. The van der Waals surface area contributed by atoms with Gasteiger partial charge in [0.25, 0.3) is 0 Å². The number of amides is 2. The molecule has 8 heteroatoms. The highest BCUT2D eigenvalue weighted by atomic mass is 32.2. The first-order chi connectivity index (χ1) is 13.4. The molecule has 3 aromatic rings. The minimum atomic E-state index is -3.76. The van der Waals surface area contributed by atoms with Gasteiger partial charge in [-0.15, -0.1) is 11.3 Å². The van der Waals surface area contributed by atoms with Gasteiger partial charge in [0.1, 0.15) is 0 Å². The number of rotatable bonds is 3. The summed E-state index contributed by atoms with van der Waals surface area (Å²) in [6, 6.07) is 17.5. The number of anilines is 1. The Morgan fingerprint density at radius 2 is 1.79 bits per heavy atom. The molecule has 0 radical (unpaired) electrons. The van der Waals surface area contributed by atoms with Crippen LogP contribution in [0.3, 0.4) is 0 Å². The normalized spacial score (nSPS) is 16.5. The maximum Gasteiger partial charge on any atom is 0.322 e. The van der Waals surface area contributed by atoms with E-state index in [9.17, 15) is 13.2 Å². The fourth-order valence-corrected chi connectivity index (χ4v) is 4.87. The van der Waals surface area contributed by atoms with Crippen LogP contribution in [0.1, 0.15) is 22.0 Å². The number of urea groups is 1. The standard InChI is InChI=1S/C20H19N3O3S2/c21-28(25,26)16-8-6-15(7-9-16)22-20(24)23-12-10-18-17(11-13-27-18)19(23)14-4-2-1-3-5-14/h1-9,11,13,19H,10,12H2,(H,22,24)(H2,21,25,26). The lowest BCUT2D eigenvalue weighted by Gasteiger charge is -2.36. The van der Waals surface area contributed by atoms with E-state index in [-0.39, 0.29) is 17.0 Å². The van der Waals surface area contributed by atoms with Crippen molar-refractivity contribution < 1.29 is 13.2 Å². The topological polar surface area (TPSA) is 92.5 Å². The number of nitrogens with zero attached hydrogens (tertiary/aromatic N) is 1. The van der Waals surface area contributed by atoms with Crippen LogP contribution in [0.4, 0.5) is 10.5 Å². The molecule has 0 saturated carbocycles. The number of carbonyl (C=O) groups excluding carboxylic acids is 1. The summed E-state index contributed by atoms with van der Waals surface area (Å²) in [5, 5.41) is 10.1. The Morgan fingerprint density at radius 1 is 1.07 bits per heavy atom. The molecule has 1 aliphatic heterocycles. The summed E-state index contributed by atoms with van der Waals surface area (Å²) in [6.45, 7) is 0.605. The summed E-state index contributed by atoms with van der Waals surface area (Å²) in [7, 11) is -3.76. The van der Waals surface area contributed by atoms with Crippen LogP contribution in [0.15, 0.2) is 70.9 Å². The molecule has 1 atom stereocenters. The Hall–Kier alpha value is -2.68. The average Bonchev–Trinajstić information content (AvgIpc) is 3.16. The monoisotopic (exact) mass is 413 g/mol. The molecule has 0 aliphatic carbocycles. The second-order valence-corrected chi connectivity index (χ2v) is 9.12. The number of nitrogens with two attached hydrogens (primary N) is 1. The number of benzene rings is 2. The van der Waals surface area contributed by atoms with Crippen molar-refractivity contribution in [2.45, 2.75) is 17.4 Å². The highest BCUT2D eigenvalue weighted by molar-refractivity contribution is 7.89. The van der Waals surface area contributed by atoms with Gasteiger partial charge in [0.15, 0.2) is 0 Å². The van der Waals surface area contributed by atoms with Crippen LogP contribution in [0, 0.1) is 0 Å². The van der Waals surface area contributed by atoms with Crippen LogP contribution < -0.4 is 10.5 Å². The van der Waals surface area contributed by atoms with E-state index in [2.05, 4.69) is 16.8 Å². The number of fused-ring (bicyclic) bond motifs is 1. The molecule has 2 amide bonds. The van der Waals surface area contributed by atoms with E-state index >= 15 is 0 Å². The van der Waals surface area contributed by atoms with Gasteiger partial charge >= 0.3 is 6.03 Å². The van der Waals surface area contributed by atoms with Crippen molar-refractivity contribution in [1.29, 1.82) is 0 Å². The Bertz CT molecular complexity index is 1090. The molecule has 1 aliphatic rings. The molecule has 28 heavy (non-hydrogen) atoms. The zero-order chi connectivity index (χ0) is 19.7. The molecular weight excluding hydrogens is 394 g/mol. The first-order valence-corrected chi connectivity index (χ1v) is 11.2. The van der Waals surface area contributed by atoms with Gasteiger partial charge in [0.2, 0.25) is 10.0 Å². The van der Waals surface area contributed by atoms with Crippen LogP contribution in [0.25, 0.3) is 0 Å². The molecule has 2 heterocycles. The summed E-state index contributed by atoms with van der Waals surface area (Å²) in [5.41, 5.74) is 2.73. The smallest absolute Gasteiger partial charge is 0.313 e. The van der Waals surface area contributed by atoms with E-state index < -0.39 is 10.0 Å². The molecule has 0 saturated heterocycles. The molecular formula is C20H19N3O3S2. The Balaban J connectivity index is 1.61. The van der Waals surface area contributed by atoms with Crippen molar-refractivity contribution in [2.24, 2.45) is 5.14 Å². The molecule has 2 aromatic carbocycles. The van der Waals surface area contributed by atoms with Crippen molar-refractivity contribution in [3.63, 3.8) is 0 Å². The highest BCUT2D eigenvalue weighted by Gasteiger charge is 2.32. The first-order valence-electron chi connectivity index (χ1n) is 8.75. The molecule has 144 valence electrons. The number of nitrogens with one attached hydrogen (secondary N) is 1. The molecule has 1 aromatic heterocycles. The van der Waals surface area contributed by atoms with Crippen molar-refractivity contribution in [3.8, 4) is 0 Å². The van der Waals surface area contributed by atoms with E-state index in [1.165, 1.54) is 29.1 Å². The quantitative estimate of drug-likeness (QED) is 0.687. The number of primary sulfonamides is 1. The largest absolute Gasteiger partial charge is 0.322 e. The van der Waals surface area contributed by atoms with E-state index in [0.717, 1.165) is 17.5 Å². The van der Waals surface area contributed by atoms with Gasteiger partial charge in [-0.25, -0.2) is 18.4 Å². The Morgan fingerprint density at radius 3 is 2.46 bits per heavy atom. The maximum atomic E-state index is 13.0. The average molecular weight is 414 g/mol. The Labute approximate surface area is 167 Å². The van der Waals surface area contributed by atoms with Gasteiger partial charge < -0.3 is 10.2 Å². The molecule has 3 N–H and O–H groups in total. The van der Waals surface area contributed by atoms with Crippen LogP contribution >= 0.6 is 11.3 Å². The number of sulfonamides is 1. The van der Waals surface area contributed by atoms with Gasteiger partial charge in [0, 0.05) is 17.1 Å². The van der Waals surface area contributed by atoms with Crippen molar-refractivity contribution in [2.75, 3.05) is 11.9 Å². The predicted molar refractivity (Wildman–Crippen MR) is 110 cm³/mol. The maximum absolute atomic E-state index is 13.0.